The number of halogens is 1. The molecule has 100 valence electrons. The summed E-state index contributed by atoms with van der Waals surface area (Å²) in [5.74, 6) is -0.000676. The first-order chi connectivity index (χ1) is 8.60. The molecule has 0 radical (unpaired) electrons. The summed E-state index contributed by atoms with van der Waals surface area (Å²) in [7, 11) is 0. The number of carbonyl (C=O) groups excluding carboxylic acids is 1. The van der Waals surface area contributed by atoms with Crippen LogP contribution in [-0.4, -0.2) is 23.4 Å². The molecule has 0 saturated heterocycles. The predicted octanol–water partition coefficient (Wildman–Crippen LogP) is 2.82. The molecule has 3 nitrogen and oxygen atoms in total. The van der Waals surface area contributed by atoms with Crippen molar-refractivity contribution in [2.24, 2.45) is 5.73 Å². The molecule has 1 unspecified atom stereocenters. The fourth-order valence-corrected chi connectivity index (χ4v) is 2.04. The second kappa shape index (κ2) is 7.39. The van der Waals surface area contributed by atoms with Gasteiger partial charge in [0.1, 0.15) is 0 Å². The Bertz CT molecular complexity index is 395. The highest BCUT2D eigenvalue weighted by Crippen LogP contribution is 2.17. The third-order valence-corrected chi connectivity index (χ3v) is 3.30. The Morgan fingerprint density at radius 1 is 1.39 bits per heavy atom. The Labute approximate surface area is 114 Å². The average Bonchev–Trinajstić information content (AvgIpc) is 2.37. The van der Waals surface area contributed by atoms with E-state index in [4.69, 9.17) is 17.3 Å². The minimum absolute atomic E-state index is 0.000676. The molecule has 1 aromatic rings. The first-order valence-electron chi connectivity index (χ1n) is 6.37. The van der Waals surface area contributed by atoms with E-state index in [1.54, 1.807) is 4.90 Å². The van der Waals surface area contributed by atoms with Crippen LogP contribution in [0.25, 0.3) is 0 Å². The number of hydrogen-bond donors (Lipinski definition) is 1. The third-order valence-electron chi connectivity index (χ3n) is 2.93. The van der Waals surface area contributed by atoms with Crippen molar-refractivity contribution < 1.29 is 4.79 Å². The molecule has 0 saturated carbocycles. The summed E-state index contributed by atoms with van der Waals surface area (Å²) in [6.07, 6.45) is 1.63. The number of benzene rings is 1. The van der Waals surface area contributed by atoms with Gasteiger partial charge in [0.25, 0.3) is 0 Å². The zero-order valence-electron chi connectivity index (χ0n) is 11.0. The summed E-state index contributed by atoms with van der Waals surface area (Å²) < 4.78 is 0. The molecule has 0 fully saturated rings. The van der Waals surface area contributed by atoms with Gasteiger partial charge in [0.2, 0.25) is 5.91 Å². The van der Waals surface area contributed by atoms with Gasteiger partial charge in [-0.2, -0.15) is 0 Å². The lowest BCUT2D eigenvalue weighted by Gasteiger charge is -2.24. The fraction of sp³-hybridized carbons (Fsp3) is 0.500. The minimum atomic E-state index is -0.405. The topological polar surface area (TPSA) is 46.3 Å². The first-order valence-corrected chi connectivity index (χ1v) is 6.75. The molecular weight excluding hydrogens is 248 g/mol. The van der Waals surface area contributed by atoms with Gasteiger partial charge in [0.05, 0.1) is 6.04 Å². The van der Waals surface area contributed by atoms with Crippen molar-refractivity contribution in [3.8, 4) is 0 Å². The molecule has 0 aromatic heterocycles. The lowest BCUT2D eigenvalue weighted by atomic mass is 10.1. The number of likely N-dealkylation sites (N-methyl/N-ethyl adjacent to an activating group) is 1. The van der Waals surface area contributed by atoms with E-state index in [1.807, 2.05) is 38.1 Å². The lowest BCUT2D eigenvalue weighted by molar-refractivity contribution is -0.133. The van der Waals surface area contributed by atoms with E-state index in [0.29, 0.717) is 18.1 Å². The van der Waals surface area contributed by atoms with Crippen LogP contribution in [0.4, 0.5) is 0 Å². The number of hydrogen-bond acceptors (Lipinski definition) is 2. The van der Waals surface area contributed by atoms with Crippen LogP contribution in [0, 0.1) is 0 Å². The molecule has 4 heteroatoms. The molecule has 1 amide bonds. The van der Waals surface area contributed by atoms with Crippen LogP contribution < -0.4 is 5.73 Å². The maximum atomic E-state index is 12.1. The summed E-state index contributed by atoms with van der Waals surface area (Å²) in [6, 6.07) is 7.17. The summed E-state index contributed by atoms with van der Waals surface area (Å²) in [6.45, 7) is 5.14. The van der Waals surface area contributed by atoms with Gasteiger partial charge in [-0.1, -0.05) is 43.1 Å². The van der Waals surface area contributed by atoms with Crippen LogP contribution >= 0.6 is 11.6 Å². The van der Waals surface area contributed by atoms with Crippen molar-refractivity contribution in [3.05, 3.63) is 34.9 Å². The number of nitrogens with two attached hydrogens (primary N) is 1. The van der Waals surface area contributed by atoms with E-state index in [0.717, 1.165) is 18.4 Å². The molecule has 0 aliphatic heterocycles. The van der Waals surface area contributed by atoms with Crippen molar-refractivity contribution in [1.29, 1.82) is 0 Å². The van der Waals surface area contributed by atoms with Crippen molar-refractivity contribution >= 4 is 17.5 Å². The lowest BCUT2D eigenvalue weighted by Crippen LogP contribution is -2.43. The molecule has 1 atom stereocenters. The monoisotopic (exact) mass is 268 g/mol. The quantitative estimate of drug-likeness (QED) is 0.862. The Kier molecular flexibility index (Phi) is 6.16. The molecule has 1 rings (SSSR count). The summed E-state index contributed by atoms with van der Waals surface area (Å²) in [5, 5.41) is 0.688. The number of amides is 1. The molecule has 0 spiro atoms. The zero-order chi connectivity index (χ0) is 13.5. The minimum Gasteiger partial charge on any atom is -0.337 e. The van der Waals surface area contributed by atoms with E-state index >= 15 is 0 Å². The molecule has 0 aliphatic carbocycles. The molecule has 0 heterocycles. The van der Waals surface area contributed by atoms with Crippen LogP contribution in [0.1, 0.15) is 32.3 Å². The molecule has 0 aliphatic rings. The summed E-state index contributed by atoms with van der Waals surface area (Å²) in [5.41, 5.74) is 6.83. The highest BCUT2D eigenvalue weighted by atomic mass is 35.5. The second-order valence-electron chi connectivity index (χ2n) is 4.34. The highest BCUT2D eigenvalue weighted by molar-refractivity contribution is 6.31. The molecule has 2 N–H and O–H groups in total. The van der Waals surface area contributed by atoms with Crippen LogP contribution in [0.3, 0.4) is 0 Å². The maximum absolute atomic E-state index is 12.1. The smallest absolute Gasteiger partial charge is 0.239 e. The Balaban J connectivity index is 2.73. The van der Waals surface area contributed by atoms with Gasteiger partial charge in [-0.05, 0) is 25.0 Å². The highest BCUT2D eigenvalue weighted by Gasteiger charge is 2.19. The standard InChI is InChI=1S/C14H21ClN2O/c1-3-7-13(16)14(18)17(4-2)10-11-8-5-6-9-12(11)15/h5-6,8-9,13H,3-4,7,10,16H2,1-2H3. The molecule has 1 aromatic carbocycles. The predicted molar refractivity (Wildman–Crippen MR) is 75.4 cm³/mol. The van der Waals surface area contributed by atoms with Crippen LogP contribution in [0.2, 0.25) is 5.02 Å². The van der Waals surface area contributed by atoms with E-state index in [1.165, 1.54) is 0 Å². The fourth-order valence-electron chi connectivity index (χ4n) is 1.85. The van der Waals surface area contributed by atoms with Crippen molar-refractivity contribution in [1.82, 2.24) is 4.90 Å². The van der Waals surface area contributed by atoms with E-state index in [9.17, 15) is 4.79 Å². The summed E-state index contributed by atoms with van der Waals surface area (Å²) in [4.78, 5) is 13.9. The first kappa shape index (κ1) is 15.0. The normalized spacial score (nSPS) is 12.2. The van der Waals surface area contributed by atoms with Crippen molar-refractivity contribution in [3.63, 3.8) is 0 Å². The largest absolute Gasteiger partial charge is 0.337 e. The average molecular weight is 269 g/mol. The number of rotatable bonds is 6. The van der Waals surface area contributed by atoms with Gasteiger partial charge in [-0.15, -0.1) is 0 Å². The Morgan fingerprint density at radius 2 is 2.06 bits per heavy atom. The Hall–Kier alpha value is -1.06. The molecule has 0 bridgehead atoms. The maximum Gasteiger partial charge on any atom is 0.239 e. The molecular formula is C14H21ClN2O. The zero-order valence-corrected chi connectivity index (χ0v) is 11.8. The van der Waals surface area contributed by atoms with Gasteiger partial charge in [0.15, 0.2) is 0 Å². The summed E-state index contributed by atoms with van der Waals surface area (Å²) >= 11 is 6.10. The van der Waals surface area contributed by atoms with Crippen molar-refractivity contribution in [2.75, 3.05) is 6.54 Å². The van der Waals surface area contributed by atoms with Gasteiger partial charge >= 0.3 is 0 Å². The van der Waals surface area contributed by atoms with Crippen LogP contribution in [0.15, 0.2) is 24.3 Å². The molecule has 18 heavy (non-hydrogen) atoms. The second-order valence-corrected chi connectivity index (χ2v) is 4.75. The Morgan fingerprint density at radius 3 is 2.61 bits per heavy atom. The van der Waals surface area contributed by atoms with Gasteiger partial charge in [-0.25, -0.2) is 0 Å². The van der Waals surface area contributed by atoms with E-state index in [-0.39, 0.29) is 5.91 Å². The number of carbonyl (C=O) groups is 1. The van der Waals surface area contributed by atoms with E-state index in [2.05, 4.69) is 0 Å². The third kappa shape index (κ3) is 4.00. The van der Waals surface area contributed by atoms with Gasteiger partial charge < -0.3 is 10.6 Å². The number of nitrogens with zero attached hydrogens (tertiary/aromatic N) is 1. The van der Waals surface area contributed by atoms with Crippen molar-refractivity contribution in [2.45, 2.75) is 39.3 Å². The van der Waals surface area contributed by atoms with Gasteiger partial charge in [-0.3, -0.25) is 4.79 Å². The van der Waals surface area contributed by atoms with Crippen LogP contribution in [0.5, 0.6) is 0 Å². The SMILES string of the molecule is CCCC(N)C(=O)N(CC)Cc1ccccc1Cl. The van der Waals surface area contributed by atoms with Crippen LogP contribution in [-0.2, 0) is 11.3 Å². The van der Waals surface area contributed by atoms with Gasteiger partial charge in [0, 0.05) is 18.1 Å². The van der Waals surface area contributed by atoms with E-state index < -0.39 is 6.04 Å².